The predicted octanol–water partition coefficient (Wildman–Crippen LogP) is 5.46. The van der Waals surface area contributed by atoms with Gasteiger partial charge in [-0.05, 0) is 31.7 Å². The molecule has 1 aliphatic heterocycles. The molecule has 1 saturated heterocycles. The maximum absolute atomic E-state index is 11.5. The van der Waals surface area contributed by atoms with Crippen LogP contribution in [0.15, 0.2) is 48.8 Å². The van der Waals surface area contributed by atoms with Gasteiger partial charge >= 0.3 is 0 Å². The van der Waals surface area contributed by atoms with E-state index in [2.05, 4.69) is 25.9 Å². The van der Waals surface area contributed by atoms with Gasteiger partial charge < -0.3 is 25.4 Å². The molecule has 234 valence electrons. The van der Waals surface area contributed by atoms with Crippen LogP contribution >= 0.6 is 23.2 Å². The topological polar surface area (TPSA) is 123 Å². The van der Waals surface area contributed by atoms with Gasteiger partial charge in [0.2, 0.25) is 17.7 Å². The van der Waals surface area contributed by atoms with E-state index in [0.29, 0.717) is 70.5 Å². The lowest BCUT2D eigenvalue weighted by molar-refractivity contribution is -0.119. The first kappa shape index (κ1) is 31.2. The summed E-state index contributed by atoms with van der Waals surface area (Å²) in [7, 11) is 3.16. The minimum absolute atomic E-state index is 0.0885. The van der Waals surface area contributed by atoms with Gasteiger partial charge in [-0.2, -0.15) is 0 Å². The van der Waals surface area contributed by atoms with Crippen LogP contribution in [-0.4, -0.2) is 59.2 Å². The summed E-state index contributed by atoms with van der Waals surface area (Å²) in [6.45, 7) is 2.66. The molecule has 1 atom stereocenters. The highest BCUT2D eigenvalue weighted by Crippen LogP contribution is 2.42. The Morgan fingerprint density at radius 1 is 0.778 bits per heavy atom. The fraction of sp³-hybridized carbons (Fsp3) is 0.364. The van der Waals surface area contributed by atoms with Crippen LogP contribution in [-0.2, 0) is 17.9 Å². The Kier molecular flexibility index (Phi) is 9.75. The average Bonchev–Trinajstić information content (AvgIpc) is 3.79. The Morgan fingerprint density at radius 3 is 1.76 bits per heavy atom. The smallest absolute Gasteiger partial charge is 0.237 e. The average molecular weight is 649 g/mol. The van der Waals surface area contributed by atoms with Gasteiger partial charge in [0.15, 0.2) is 0 Å². The van der Waals surface area contributed by atoms with Crippen LogP contribution < -0.4 is 25.4 Å². The fourth-order valence-electron chi connectivity index (χ4n) is 5.41. The van der Waals surface area contributed by atoms with Crippen LogP contribution in [0, 0.1) is 5.92 Å². The van der Waals surface area contributed by atoms with E-state index in [1.54, 1.807) is 26.6 Å². The van der Waals surface area contributed by atoms with Gasteiger partial charge in [0, 0.05) is 54.4 Å². The van der Waals surface area contributed by atoms with E-state index in [4.69, 9.17) is 42.6 Å². The van der Waals surface area contributed by atoms with E-state index in [1.807, 2.05) is 36.4 Å². The number of amides is 1. The number of carbonyl (C=O) groups is 1. The zero-order chi connectivity index (χ0) is 31.3. The van der Waals surface area contributed by atoms with Gasteiger partial charge in [0.05, 0.1) is 48.0 Å². The fourth-order valence-corrected chi connectivity index (χ4v) is 6.06. The third-order valence-electron chi connectivity index (χ3n) is 8.04. The van der Waals surface area contributed by atoms with E-state index < -0.39 is 0 Å². The Bertz CT molecular complexity index is 1700. The number of rotatable bonds is 13. The van der Waals surface area contributed by atoms with E-state index in [0.717, 1.165) is 41.3 Å². The summed E-state index contributed by atoms with van der Waals surface area (Å²) in [5, 5.41) is 10.7. The van der Waals surface area contributed by atoms with Gasteiger partial charge in [-0.25, -0.2) is 9.97 Å². The zero-order valence-electron chi connectivity index (χ0n) is 25.2. The third-order valence-corrected chi connectivity index (χ3v) is 8.85. The lowest BCUT2D eigenvalue weighted by atomic mass is 9.98. The quantitative estimate of drug-likeness (QED) is 0.174. The number of nitrogens with zero attached hydrogens (tertiary/aromatic N) is 4. The van der Waals surface area contributed by atoms with Crippen molar-refractivity contribution in [2.45, 2.75) is 44.8 Å². The summed E-state index contributed by atoms with van der Waals surface area (Å²) in [4.78, 5) is 30.2. The molecule has 2 fully saturated rings. The van der Waals surface area contributed by atoms with Gasteiger partial charge in [0.25, 0.3) is 0 Å². The Labute approximate surface area is 272 Å². The molecule has 0 radical (unpaired) electrons. The molecule has 12 heteroatoms. The minimum Gasteiger partial charge on any atom is -0.480 e. The van der Waals surface area contributed by atoms with E-state index in [-0.39, 0.29) is 11.9 Å². The Hall–Kier alpha value is -3.83. The second-order valence-corrected chi connectivity index (χ2v) is 12.0. The van der Waals surface area contributed by atoms with Crippen molar-refractivity contribution < 1.29 is 14.3 Å². The lowest BCUT2D eigenvalue weighted by Crippen LogP contribution is -2.35. The number of methoxy groups -OCH3 is 2. The Morgan fingerprint density at radius 2 is 1.29 bits per heavy atom. The van der Waals surface area contributed by atoms with Crippen molar-refractivity contribution in [1.82, 2.24) is 35.9 Å². The SMILES string of the molecule is COc1nc(-c2cccc(-c3cccc(-c4cnc(CNCC5CCC(=O)N5)c(OC)n4)c3Cl)c2Cl)cnc1CNCC1CC1. The number of carbonyl (C=O) groups excluding carboxylic acids is 1. The molecule has 45 heavy (non-hydrogen) atoms. The molecule has 1 aliphatic carbocycles. The first-order chi connectivity index (χ1) is 21.9. The number of halogens is 2. The highest BCUT2D eigenvalue weighted by Gasteiger charge is 2.23. The number of hydrogen-bond acceptors (Lipinski definition) is 9. The number of nitrogens with one attached hydrogen (secondary N) is 3. The number of aromatic nitrogens is 4. The van der Waals surface area contributed by atoms with Gasteiger partial charge in [0.1, 0.15) is 11.4 Å². The van der Waals surface area contributed by atoms with E-state index >= 15 is 0 Å². The Balaban J connectivity index is 1.23. The summed E-state index contributed by atoms with van der Waals surface area (Å²) in [5.74, 6) is 1.72. The molecule has 6 rings (SSSR count). The van der Waals surface area contributed by atoms with Crippen molar-refractivity contribution in [2.75, 3.05) is 27.3 Å². The molecule has 10 nitrogen and oxygen atoms in total. The van der Waals surface area contributed by atoms with Gasteiger partial charge in [-0.15, -0.1) is 0 Å². The summed E-state index contributed by atoms with van der Waals surface area (Å²) in [6.07, 6.45) is 7.36. The molecule has 1 unspecified atom stereocenters. The summed E-state index contributed by atoms with van der Waals surface area (Å²) in [5.41, 5.74) is 5.49. The van der Waals surface area contributed by atoms with E-state index in [9.17, 15) is 4.79 Å². The molecule has 3 heterocycles. The first-order valence-corrected chi connectivity index (χ1v) is 15.8. The molecule has 1 saturated carbocycles. The molecule has 1 amide bonds. The molecule has 0 bridgehead atoms. The van der Waals surface area contributed by atoms with Crippen molar-refractivity contribution in [3.63, 3.8) is 0 Å². The number of hydrogen-bond donors (Lipinski definition) is 3. The minimum atomic E-state index is 0.0885. The molecule has 2 aromatic carbocycles. The molecular formula is C33H35Cl2N7O3. The van der Waals surface area contributed by atoms with Crippen LogP contribution in [0.4, 0.5) is 0 Å². The van der Waals surface area contributed by atoms with E-state index in [1.165, 1.54) is 12.8 Å². The molecule has 2 aliphatic rings. The third kappa shape index (κ3) is 7.20. The second kappa shape index (κ2) is 14.1. The second-order valence-electron chi connectivity index (χ2n) is 11.3. The molecular weight excluding hydrogens is 613 g/mol. The standard InChI is InChI=1S/C33H35Cl2N7O3/c1-44-32-27(15-36-13-19-9-10-19)38-17-25(41-32)23-7-3-5-21(30(23)34)22-6-4-8-24(31(22)35)26-18-39-28(33(42-26)45-2)16-37-14-20-11-12-29(43)40-20/h3-8,17-20,36-37H,9-16H2,1-2H3,(H,40,43). The van der Waals surface area contributed by atoms with Crippen molar-refractivity contribution in [3.05, 3.63) is 70.2 Å². The molecule has 3 N–H and O–H groups in total. The largest absolute Gasteiger partial charge is 0.480 e. The van der Waals surface area contributed by atoms with Crippen molar-refractivity contribution in [1.29, 1.82) is 0 Å². The number of benzene rings is 2. The monoisotopic (exact) mass is 647 g/mol. The van der Waals surface area contributed by atoms with Crippen LogP contribution in [0.5, 0.6) is 11.8 Å². The predicted molar refractivity (Wildman–Crippen MR) is 174 cm³/mol. The van der Waals surface area contributed by atoms with Gasteiger partial charge in [-0.1, -0.05) is 59.6 Å². The van der Waals surface area contributed by atoms with Crippen molar-refractivity contribution in [3.8, 4) is 45.4 Å². The maximum atomic E-state index is 11.5. The maximum Gasteiger partial charge on any atom is 0.237 e. The van der Waals surface area contributed by atoms with Crippen molar-refractivity contribution in [2.24, 2.45) is 5.92 Å². The summed E-state index contributed by atoms with van der Waals surface area (Å²) in [6, 6.07) is 11.6. The van der Waals surface area contributed by atoms with Crippen LogP contribution in [0.1, 0.15) is 37.1 Å². The first-order valence-electron chi connectivity index (χ1n) is 15.0. The molecule has 4 aromatic rings. The molecule has 0 spiro atoms. The highest BCUT2D eigenvalue weighted by atomic mass is 35.5. The highest BCUT2D eigenvalue weighted by molar-refractivity contribution is 6.39. The van der Waals surface area contributed by atoms with Crippen LogP contribution in [0.3, 0.4) is 0 Å². The van der Waals surface area contributed by atoms with Crippen LogP contribution in [0.25, 0.3) is 33.6 Å². The normalized spacial score (nSPS) is 16.1. The van der Waals surface area contributed by atoms with Crippen LogP contribution in [0.2, 0.25) is 10.0 Å². The van der Waals surface area contributed by atoms with Crippen molar-refractivity contribution >= 4 is 29.1 Å². The van der Waals surface area contributed by atoms with Gasteiger partial charge in [-0.3, -0.25) is 14.8 Å². The molecule has 2 aromatic heterocycles. The summed E-state index contributed by atoms with van der Waals surface area (Å²) >= 11 is 14.0. The number of ether oxygens (including phenoxy) is 2. The lowest BCUT2D eigenvalue weighted by Gasteiger charge is -2.15. The zero-order valence-corrected chi connectivity index (χ0v) is 26.7. The summed E-state index contributed by atoms with van der Waals surface area (Å²) < 4.78 is 11.1.